The van der Waals surface area contributed by atoms with Crippen molar-refractivity contribution in [3.8, 4) is 5.75 Å². The molecular weight excluding hydrogens is 467 g/mol. The van der Waals surface area contributed by atoms with Crippen LogP contribution < -0.4 is 10.1 Å². The van der Waals surface area contributed by atoms with Gasteiger partial charge in [0.2, 0.25) is 5.91 Å². The van der Waals surface area contributed by atoms with Crippen LogP contribution in [0.4, 0.5) is 0 Å². The molecule has 1 N–H and O–H groups in total. The molecule has 158 valence electrons. The number of carbonyl (C=O) groups is 1. The number of ether oxygens (including phenoxy) is 1. The predicted octanol–water partition coefficient (Wildman–Crippen LogP) is 5.32. The number of nitrogens with one attached hydrogen (secondary N) is 1. The number of thioether (sulfide) groups is 1. The molecular formula is C20H19Cl3N4O2S. The molecule has 0 spiro atoms. The van der Waals surface area contributed by atoms with E-state index >= 15 is 0 Å². The lowest BCUT2D eigenvalue weighted by Crippen LogP contribution is -2.28. The Kier molecular flexibility index (Phi) is 7.88. The monoisotopic (exact) mass is 484 g/mol. The minimum absolute atomic E-state index is 0.129. The summed E-state index contributed by atoms with van der Waals surface area (Å²) in [4.78, 5) is 12.3. The molecule has 6 nitrogen and oxygen atoms in total. The van der Waals surface area contributed by atoms with Gasteiger partial charge in [0.25, 0.3) is 0 Å². The molecule has 0 aliphatic rings. The van der Waals surface area contributed by atoms with Crippen molar-refractivity contribution in [3.05, 3.63) is 68.9 Å². The van der Waals surface area contributed by atoms with Crippen LogP contribution in [-0.2, 0) is 18.4 Å². The largest absolute Gasteiger partial charge is 0.484 e. The first-order chi connectivity index (χ1) is 14.3. The number of amides is 1. The molecule has 3 aromatic rings. The van der Waals surface area contributed by atoms with Crippen molar-refractivity contribution in [2.24, 2.45) is 7.05 Å². The van der Waals surface area contributed by atoms with E-state index < -0.39 is 0 Å². The minimum Gasteiger partial charge on any atom is -0.484 e. The van der Waals surface area contributed by atoms with E-state index in [2.05, 4.69) is 15.5 Å². The Bertz CT molecular complexity index is 1040. The summed E-state index contributed by atoms with van der Waals surface area (Å²) in [5.41, 5.74) is 0.875. The third-order valence-electron chi connectivity index (χ3n) is 4.27. The number of hydrogen-bond donors (Lipinski definition) is 1. The van der Waals surface area contributed by atoms with Gasteiger partial charge in [0.05, 0.1) is 26.9 Å². The summed E-state index contributed by atoms with van der Waals surface area (Å²) in [6.45, 7) is 2.10. The van der Waals surface area contributed by atoms with Gasteiger partial charge in [-0.15, -0.1) is 10.2 Å². The number of benzene rings is 2. The predicted molar refractivity (Wildman–Crippen MR) is 121 cm³/mol. The van der Waals surface area contributed by atoms with Gasteiger partial charge in [-0.2, -0.15) is 0 Å². The topological polar surface area (TPSA) is 69.0 Å². The van der Waals surface area contributed by atoms with Crippen molar-refractivity contribution in [3.63, 3.8) is 0 Å². The molecule has 0 aliphatic carbocycles. The molecule has 10 heteroatoms. The van der Waals surface area contributed by atoms with Gasteiger partial charge in [0.1, 0.15) is 12.4 Å². The second kappa shape index (κ2) is 10.4. The van der Waals surface area contributed by atoms with E-state index in [1.54, 1.807) is 28.8 Å². The smallest absolute Gasteiger partial charge is 0.230 e. The van der Waals surface area contributed by atoms with E-state index in [0.717, 1.165) is 5.56 Å². The maximum atomic E-state index is 12.3. The first kappa shape index (κ1) is 22.7. The highest BCUT2D eigenvalue weighted by Crippen LogP contribution is 2.26. The quantitative estimate of drug-likeness (QED) is 0.437. The second-order valence-corrected chi connectivity index (χ2v) is 8.59. The number of carbonyl (C=O) groups excluding carboxylic acids is 1. The average Bonchev–Trinajstić information content (AvgIpc) is 3.07. The zero-order chi connectivity index (χ0) is 21.7. The second-order valence-electron chi connectivity index (χ2n) is 6.43. The summed E-state index contributed by atoms with van der Waals surface area (Å²) in [5, 5.41) is 13.3. The average molecular weight is 486 g/mol. The fourth-order valence-electron chi connectivity index (χ4n) is 2.58. The summed E-state index contributed by atoms with van der Waals surface area (Å²) in [5.74, 6) is 1.27. The van der Waals surface area contributed by atoms with Crippen LogP contribution in [0.5, 0.6) is 5.75 Å². The first-order valence-electron chi connectivity index (χ1n) is 8.98. The Hall–Kier alpha value is -1.93. The minimum atomic E-state index is -0.202. The highest BCUT2D eigenvalue weighted by atomic mass is 35.5. The Morgan fingerprint density at radius 3 is 2.63 bits per heavy atom. The molecule has 0 saturated heterocycles. The van der Waals surface area contributed by atoms with Gasteiger partial charge in [0, 0.05) is 7.05 Å². The number of nitrogens with zero attached hydrogens (tertiary/aromatic N) is 3. The van der Waals surface area contributed by atoms with Gasteiger partial charge in [-0.05, 0) is 36.8 Å². The molecule has 1 aromatic heterocycles. The first-order valence-corrected chi connectivity index (χ1v) is 11.1. The van der Waals surface area contributed by atoms with Crippen LogP contribution in [0.15, 0.2) is 47.6 Å². The maximum absolute atomic E-state index is 12.3. The van der Waals surface area contributed by atoms with Crippen molar-refractivity contribution < 1.29 is 9.53 Å². The number of aromatic nitrogens is 3. The molecule has 0 saturated carbocycles. The van der Waals surface area contributed by atoms with Gasteiger partial charge in [0.15, 0.2) is 11.0 Å². The summed E-state index contributed by atoms with van der Waals surface area (Å²) in [6.07, 6.45) is 0. The number of hydrogen-bond acceptors (Lipinski definition) is 5. The molecule has 0 bridgehead atoms. The Morgan fingerprint density at radius 1 is 1.13 bits per heavy atom. The van der Waals surface area contributed by atoms with Crippen LogP contribution in [0.25, 0.3) is 0 Å². The summed E-state index contributed by atoms with van der Waals surface area (Å²) >= 11 is 19.4. The van der Waals surface area contributed by atoms with E-state index in [-0.39, 0.29) is 24.3 Å². The Labute approximate surface area is 193 Å². The molecule has 0 radical (unpaired) electrons. The molecule has 3 rings (SSSR count). The molecule has 30 heavy (non-hydrogen) atoms. The van der Waals surface area contributed by atoms with Gasteiger partial charge >= 0.3 is 0 Å². The van der Waals surface area contributed by atoms with Crippen LogP contribution in [0.3, 0.4) is 0 Å². The van der Waals surface area contributed by atoms with Crippen molar-refractivity contribution in [2.75, 3.05) is 5.75 Å². The fraction of sp³-hybridized carbons (Fsp3) is 0.250. The van der Waals surface area contributed by atoms with Crippen LogP contribution in [-0.4, -0.2) is 26.4 Å². The van der Waals surface area contributed by atoms with Crippen molar-refractivity contribution >= 4 is 52.5 Å². The normalized spacial score (nSPS) is 11.9. The van der Waals surface area contributed by atoms with E-state index in [9.17, 15) is 4.79 Å². The van der Waals surface area contributed by atoms with Crippen LogP contribution in [0, 0.1) is 0 Å². The molecule has 0 fully saturated rings. The zero-order valence-electron chi connectivity index (χ0n) is 16.2. The molecule has 2 aromatic carbocycles. The van der Waals surface area contributed by atoms with Crippen molar-refractivity contribution in [1.82, 2.24) is 20.1 Å². The lowest BCUT2D eigenvalue weighted by molar-refractivity contribution is -0.119. The van der Waals surface area contributed by atoms with Gasteiger partial charge in [-0.3, -0.25) is 4.79 Å². The number of rotatable bonds is 8. The van der Waals surface area contributed by atoms with Gasteiger partial charge < -0.3 is 14.6 Å². The van der Waals surface area contributed by atoms with Crippen LogP contribution in [0.2, 0.25) is 15.1 Å². The number of para-hydroxylation sites is 1. The summed E-state index contributed by atoms with van der Waals surface area (Å²) < 4.78 is 7.49. The zero-order valence-corrected chi connectivity index (χ0v) is 19.3. The summed E-state index contributed by atoms with van der Waals surface area (Å²) in [7, 11) is 1.82. The van der Waals surface area contributed by atoms with Crippen LogP contribution in [0.1, 0.15) is 24.4 Å². The van der Waals surface area contributed by atoms with E-state index in [4.69, 9.17) is 39.5 Å². The van der Waals surface area contributed by atoms with E-state index in [1.807, 2.05) is 32.2 Å². The van der Waals surface area contributed by atoms with E-state index in [1.165, 1.54) is 11.8 Å². The molecule has 1 amide bonds. The van der Waals surface area contributed by atoms with E-state index in [0.29, 0.717) is 31.8 Å². The molecule has 1 heterocycles. The maximum Gasteiger partial charge on any atom is 0.230 e. The summed E-state index contributed by atoms with van der Waals surface area (Å²) in [6, 6.07) is 12.3. The number of halogens is 3. The molecule has 1 unspecified atom stereocenters. The van der Waals surface area contributed by atoms with Gasteiger partial charge in [-0.25, -0.2) is 0 Å². The Morgan fingerprint density at radius 2 is 1.90 bits per heavy atom. The van der Waals surface area contributed by atoms with Gasteiger partial charge in [-0.1, -0.05) is 64.8 Å². The Balaban J connectivity index is 1.52. The molecule has 1 atom stereocenters. The van der Waals surface area contributed by atoms with Crippen LogP contribution >= 0.6 is 46.6 Å². The SMILES string of the molecule is CC(NC(=O)CSc1nnc(COc2ccccc2Cl)n1C)c1ccc(Cl)c(Cl)c1. The lowest BCUT2D eigenvalue weighted by atomic mass is 10.1. The molecule has 0 aliphatic heterocycles. The lowest BCUT2D eigenvalue weighted by Gasteiger charge is -2.15. The highest BCUT2D eigenvalue weighted by Gasteiger charge is 2.15. The highest BCUT2D eigenvalue weighted by molar-refractivity contribution is 7.99. The third-order valence-corrected chi connectivity index (χ3v) is 6.34. The van der Waals surface area contributed by atoms with Crippen molar-refractivity contribution in [1.29, 1.82) is 0 Å². The standard InChI is InChI=1S/C20H19Cl3N4O2S/c1-12(13-7-8-14(21)16(23)9-13)24-19(28)11-30-20-26-25-18(27(20)2)10-29-17-6-4-3-5-15(17)22/h3-9,12H,10-11H2,1-2H3,(H,24,28). The third kappa shape index (κ3) is 5.82. The fourth-order valence-corrected chi connectivity index (χ4v) is 3.82. The van der Waals surface area contributed by atoms with Crippen molar-refractivity contribution in [2.45, 2.75) is 24.7 Å².